The Kier molecular flexibility index (Phi) is 3.92. The third kappa shape index (κ3) is 2.84. The van der Waals surface area contributed by atoms with Crippen LogP contribution in [0.1, 0.15) is 25.5 Å². The molecule has 1 aliphatic heterocycles. The zero-order chi connectivity index (χ0) is 13.3. The number of guanidine groups is 1. The first-order valence-electron chi connectivity index (χ1n) is 5.57. The minimum absolute atomic E-state index is 0.152. The Labute approximate surface area is 119 Å². The second-order valence-electron chi connectivity index (χ2n) is 4.33. The Morgan fingerprint density at radius 2 is 2.22 bits per heavy atom. The minimum atomic E-state index is -0.556. The summed E-state index contributed by atoms with van der Waals surface area (Å²) >= 11 is 9.36. The second-order valence-corrected chi connectivity index (χ2v) is 5.63. The molecule has 0 saturated carbocycles. The highest BCUT2D eigenvalue weighted by Gasteiger charge is 2.29. The molecule has 2 N–H and O–H groups in total. The molecule has 0 saturated heterocycles. The molecule has 1 unspecified atom stereocenters. The number of carbonyl (C=O) groups excluding carboxylic acids is 1. The summed E-state index contributed by atoms with van der Waals surface area (Å²) in [6.45, 7) is 3.97. The molecule has 4 nitrogen and oxygen atoms in total. The molecule has 0 radical (unpaired) electrons. The van der Waals surface area contributed by atoms with Crippen LogP contribution < -0.4 is 10.6 Å². The van der Waals surface area contributed by atoms with E-state index in [9.17, 15) is 4.79 Å². The predicted molar refractivity (Wildman–Crippen MR) is 75.7 cm³/mol. The first-order chi connectivity index (χ1) is 8.47. The SMILES string of the molecule is CC(C)NC1=NC(c2cc(Cl)ccc2Br)C(=O)N1. The van der Waals surface area contributed by atoms with Gasteiger partial charge in [-0.05, 0) is 32.0 Å². The van der Waals surface area contributed by atoms with E-state index in [2.05, 4.69) is 31.6 Å². The molecule has 18 heavy (non-hydrogen) atoms. The van der Waals surface area contributed by atoms with Crippen molar-refractivity contribution in [1.29, 1.82) is 0 Å². The normalized spacial score (nSPS) is 18.8. The quantitative estimate of drug-likeness (QED) is 0.876. The van der Waals surface area contributed by atoms with E-state index in [1.165, 1.54) is 0 Å². The zero-order valence-electron chi connectivity index (χ0n) is 10.00. The number of halogens is 2. The van der Waals surface area contributed by atoms with E-state index in [-0.39, 0.29) is 11.9 Å². The lowest BCUT2D eigenvalue weighted by Crippen LogP contribution is -2.40. The summed E-state index contributed by atoms with van der Waals surface area (Å²) in [6.07, 6.45) is 0. The Balaban J connectivity index is 2.30. The van der Waals surface area contributed by atoms with Crippen LogP contribution in [-0.4, -0.2) is 17.9 Å². The van der Waals surface area contributed by atoms with Crippen LogP contribution in [0.15, 0.2) is 27.7 Å². The fraction of sp³-hybridized carbons (Fsp3) is 0.333. The van der Waals surface area contributed by atoms with Crippen molar-refractivity contribution in [2.45, 2.75) is 25.9 Å². The monoisotopic (exact) mass is 329 g/mol. The lowest BCUT2D eigenvalue weighted by Gasteiger charge is -2.07. The molecule has 1 heterocycles. The van der Waals surface area contributed by atoms with Gasteiger partial charge in [-0.15, -0.1) is 0 Å². The Hall–Kier alpha value is -1.07. The van der Waals surface area contributed by atoms with Gasteiger partial charge in [0.2, 0.25) is 0 Å². The molecule has 1 aromatic carbocycles. The third-order valence-corrected chi connectivity index (χ3v) is 3.38. The molecule has 96 valence electrons. The van der Waals surface area contributed by atoms with Crippen LogP contribution in [0.4, 0.5) is 0 Å². The molecule has 1 amide bonds. The summed E-state index contributed by atoms with van der Waals surface area (Å²) < 4.78 is 0.821. The number of nitrogens with one attached hydrogen (secondary N) is 2. The van der Waals surface area contributed by atoms with E-state index in [0.29, 0.717) is 11.0 Å². The minimum Gasteiger partial charge on any atom is -0.354 e. The largest absolute Gasteiger partial charge is 0.354 e. The molecule has 1 atom stereocenters. The van der Waals surface area contributed by atoms with Crippen molar-refractivity contribution >= 4 is 39.4 Å². The molecule has 1 aromatic rings. The Morgan fingerprint density at radius 3 is 2.89 bits per heavy atom. The van der Waals surface area contributed by atoms with E-state index in [4.69, 9.17) is 11.6 Å². The number of amides is 1. The van der Waals surface area contributed by atoms with Gasteiger partial charge in [0.1, 0.15) is 0 Å². The topological polar surface area (TPSA) is 53.5 Å². The average Bonchev–Trinajstić information content (AvgIpc) is 2.62. The number of benzene rings is 1. The van der Waals surface area contributed by atoms with Crippen molar-refractivity contribution in [3.05, 3.63) is 33.3 Å². The standard InChI is InChI=1S/C12H13BrClN3O/c1-6(2)15-12-16-10(11(18)17-12)8-5-7(14)3-4-9(8)13/h3-6,10H,1-2H3,(H2,15,16,17,18). The van der Waals surface area contributed by atoms with E-state index in [1.807, 2.05) is 19.9 Å². The Morgan fingerprint density at radius 1 is 1.50 bits per heavy atom. The van der Waals surface area contributed by atoms with Gasteiger partial charge in [-0.1, -0.05) is 27.5 Å². The molecule has 0 spiro atoms. The zero-order valence-corrected chi connectivity index (χ0v) is 12.3. The maximum Gasteiger partial charge on any atom is 0.256 e. The van der Waals surface area contributed by atoms with Gasteiger partial charge in [0.05, 0.1) is 0 Å². The number of aliphatic imine (C=N–C) groups is 1. The third-order valence-electron chi connectivity index (χ3n) is 2.43. The van der Waals surface area contributed by atoms with Crippen LogP contribution in [0.3, 0.4) is 0 Å². The first-order valence-corrected chi connectivity index (χ1v) is 6.74. The van der Waals surface area contributed by atoms with Crippen molar-refractivity contribution in [1.82, 2.24) is 10.6 Å². The van der Waals surface area contributed by atoms with Gasteiger partial charge in [0.15, 0.2) is 12.0 Å². The van der Waals surface area contributed by atoms with Crippen LogP contribution in [0.2, 0.25) is 5.02 Å². The maximum absolute atomic E-state index is 11.9. The van der Waals surface area contributed by atoms with Crippen molar-refractivity contribution < 1.29 is 4.79 Å². The van der Waals surface area contributed by atoms with E-state index >= 15 is 0 Å². The first kappa shape index (κ1) is 13.4. The number of hydrogen-bond donors (Lipinski definition) is 2. The van der Waals surface area contributed by atoms with Crippen molar-refractivity contribution in [3.63, 3.8) is 0 Å². The molecular formula is C12H13BrClN3O. The molecule has 0 aliphatic carbocycles. The number of hydrogen-bond acceptors (Lipinski definition) is 3. The summed E-state index contributed by atoms with van der Waals surface area (Å²) in [5.74, 6) is 0.355. The van der Waals surface area contributed by atoms with Gasteiger partial charge in [-0.3, -0.25) is 10.1 Å². The van der Waals surface area contributed by atoms with Crippen molar-refractivity contribution in [2.75, 3.05) is 0 Å². The fourth-order valence-electron chi connectivity index (χ4n) is 1.69. The molecule has 0 bridgehead atoms. The lowest BCUT2D eigenvalue weighted by molar-refractivity contribution is -0.120. The maximum atomic E-state index is 11.9. The van der Waals surface area contributed by atoms with Crippen LogP contribution >= 0.6 is 27.5 Å². The lowest BCUT2D eigenvalue weighted by atomic mass is 10.1. The summed E-state index contributed by atoms with van der Waals surface area (Å²) in [7, 11) is 0. The van der Waals surface area contributed by atoms with E-state index in [0.717, 1.165) is 10.0 Å². The molecule has 1 aliphatic rings. The summed E-state index contributed by atoms with van der Waals surface area (Å²) in [6, 6.07) is 4.98. The van der Waals surface area contributed by atoms with Gasteiger partial charge in [-0.2, -0.15) is 0 Å². The van der Waals surface area contributed by atoms with Gasteiger partial charge in [0.25, 0.3) is 5.91 Å². The fourth-order valence-corrected chi connectivity index (χ4v) is 2.33. The van der Waals surface area contributed by atoms with Crippen LogP contribution in [0.25, 0.3) is 0 Å². The number of nitrogens with zero attached hydrogens (tertiary/aromatic N) is 1. The Bertz CT molecular complexity index is 516. The van der Waals surface area contributed by atoms with Gasteiger partial charge in [0, 0.05) is 21.1 Å². The number of rotatable bonds is 2. The van der Waals surface area contributed by atoms with E-state index in [1.54, 1.807) is 12.1 Å². The van der Waals surface area contributed by atoms with Crippen molar-refractivity contribution in [2.24, 2.45) is 4.99 Å². The van der Waals surface area contributed by atoms with Crippen LogP contribution in [-0.2, 0) is 4.79 Å². The highest BCUT2D eigenvalue weighted by molar-refractivity contribution is 9.10. The van der Waals surface area contributed by atoms with Gasteiger partial charge < -0.3 is 5.32 Å². The van der Waals surface area contributed by atoms with Crippen LogP contribution in [0, 0.1) is 0 Å². The molecule has 2 rings (SSSR count). The molecule has 0 fully saturated rings. The summed E-state index contributed by atoms with van der Waals surface area (Å²) in [5.41, 5.74) is 0.764. The smallest absolute Gasteiger partial charge is 0.256 e. The highest BCUT2D eigenvalue weighted by Crippen LogP contribution is 2.30. The average molecular weight is 331 g/mol. The second kappa shape index (κ2) is 5.28. The summed E-state index contributed by atoms with van der Waals surface area (Å²) in [4.78, 5) is 16.2. The van der Waals surface area contributed by atoms with Gasteiger partial charge in [-0.25, -0.2) is 4.99 Å². The molecule has 6 heteroatoms. The number of carbonyl (C=O) groups is 1. The van der Waals surface area contributed by atoms with Gasteiger partial charge >= 0.3 is 0 Å². The highest BCUT2D eigenvalue weighted by atomic mass is 79.9. The van der Waals surface area contributed by atoms with E-state index < -0.39 is 6.04 Å². The predicted octanol–water partition coefficient (Wildman–Crippen LogP) is 2.63. The van der Waals surface area contributed by atoms with Crippen molar-refractivity contribution in [3.8, 4) is 0 Å². The molecular weight excluding hydrogens is 318 g/mol. The van der Waals surface area contributed by atoms with Crippen LogP contribution in [0.5, 0.6) is 0 Å². The summed E-state index contributed by atoms with van der Waals surface area (Å²) in [5, 5.41) is 6.38. The molecule has 0 aromatic heterocycles.